The summed E-state index contributed by atoms with van der Waals surface area (Å²) in [6.45, 7) is 1.90. The molecule has 2 rings (SSSR count). The molecule has 102 valence electrons. The van der Waals surface area contributed by atoms with Gasteiger partial charge in [-0.1, -0.05) is 30.4 Å². The summed E-state index contributed by atoms with van der Waals surface area (Å²) in [5, 5.41) is 2.86. The second-order valence-corrected chi connectivity index (χ2v) is 5.62. The van der Waals surface area contributed by atoms with Crippen molar-refractivity contribution >= 4 is 44.7 Å². The Morgan fingerprint density at radius 2 is 1.95 bits per heavy atom. The lowest BCUT2D eigenvalue weighted by Gasteiger charge is -2.10. The van der Waals surface area contributed by atoms with Crippen molar-refractivity contribution in [2.75, 3.05) is 5.32 Å². The number of aryl methyl sites for hydroxylation is 1. The Hall–Kier alpha value is -1.72. The van der Waals surface area contributed by atoms with Gasteiger partial charge in [0.25, 0.3) is 5.91 Å². The number of carbonyl (C=O) groups is 1. The van der Waals surface area contributed by atoms with Crippen LogP contribution in [0.15, 0.2) is 46.9 Å². The first-order valence-corrected chi connectivity index (χ1v) is 7.15. The third-order valence-electron chi connectivity index (χ3n) is 2.89. The molecule has 1 amide bonds. The minimum atomic E-state index is -0.146. The van der Waals surface area contributed by atoms with Crippen LogP contribution in [0.1, 0.15) is 21.5 Å². The number of amides is 1. The fraction of sp³-hybridized carbons (Fsp3) is 0.0667. The zero-order chi connectivity index (χ0) is 14.7. The van der Waals surface area contributed by atoms with Gasteiger partial charge in [-0.15, -0.1) is 0 Å². The second kappa shape index (κ2) is 6.15. The maximum atomic E-state index is 12.2. The number of anilines is 1. The summed E-state index contributed by atoms with van der Waals surface area (Å²) in [6, 6.07) is 12.8. The normalized spacial score (nSPS) is 10.1. The molecule has 5 heteroatoms. The Morgan fingerprint density at radius 3 is 2.55 bits per heavy atom. The van der Waals surface area contributed by atoms with Crippen LogP contribution in [0.5, 0.6) is 0 Å². The third kappa shape index (κ3) is 3.23. The van der Waals surface area contributed by atoms with E-state index in [-0.39, 0.29) is 5.91 Å². The van der Waals surface area contributed by atoms with E-state index in [1.165, 1.54) is 0 Å². The molecular formula is C15H13BrN2OS. The second-order valence-electron chi connectivity index (χ2n) is 4.33. The number of nitrogens with one attached hydrogen (secondary N) is 1. The highest BCUT2D eigenvalue weighted by Gasteiger charge is 2.11. The van der Waals surface area contributed by atoms with Gasteiger partial charge in [-0.05, 0) is 52.7 Å². The number of rotatable bonds is 3. The van der Waals surface area contributed by atoms with Gasteiger partial charge in [0.2, 0.25) is 0 Å². The molecule has 0 atom stereocenters. The van der Waals surface area contributed by atoms with Crippen LogP contribution in [0, 0.1) is 6.92 Å². The van der Waals surface area contributed by atoms with Crippen LogP contribution >= 0.6 is 28.1 Å². The minimum Gasteiger partial charge on any atom is -0.389 e. The van der Waals surface area contributed by atoms with Gasteiger partial charge in [-0.3, -0.25) is 4.79 Å². The van der Waals surface area contributed by atoms with Gasteiger partial charge in [0.1, 0.15) is 4.99 Å². The van der Waals surface area contributed by atoms with Crippen molar-refractivity contribution in [3.8, 4) is 0 Å². The Balaban J connectivity index is 2.25. The lowest BCUT2D eigenvalue weighted by molar-refractivity contribution is 0.102. The topological polar surface area (TPSA) is 55.1 Å². The number of hydrogen-bond donors (Lipinski definition) is 2. The molecule has 0 aliphatic carbocycles. The summed E-state index contributed by atoms with van der Waals surface area (Å²) in [6.07, 6.45) is 0. The molecule has 0 aromatic heterocycles. The molecule has 0 saturated carbocycles. The summed E-state index contributed by atoms with van der Waals surface area (Å²) >= 11 is 8.32. The maximum absolute atomic E-state index is 12.2. The summed E-state index contributed by atoms with van der Waals surface area (Å²) in [4.78, 5) is 12.5. The molecule has 0 saturated heterocycles. The maximum Gasteiger partial charge on any atom is 0.255 e. The van der Waals surface area contributed by atoms with E-state index in [9.17, 15) is 4.79 Å². The highest BCUT2D eigenvalue weighted by molar-refractivity contribution is 9.10. The van der Waals surface area contributed by atoms with Crippen LogP contribution in [0.4, 0.5) is 5.69 Å². The van der Waals surface area contributed by atoms with Crippen molar-refractivity contribution in [1.29, 1.82) is 0 Å². The van der Waals surface area contributed by atoms with Crippen molar-refractivity contribution in [2.45, 2.75) is 6.92 Å². The molecule has 0 aliphatic rings. The largest absolute Gasteiger partial charge is 0.389 e. The Kier molecular flexibility index (Phi) is 4.52. The highest BCUT2D eigenvalue weighted by Crippen LogP contribution is 2.24. The van der Waals surface area contributed by atoms with Gasteiger partial charge < -0.3 is 11.1 Å². The molecular weight excluding hydrogens is 336 g/mol. The average Bonchev–Trinajstić information content (AvgIpc) is 2.41. The SMILES string of the molecule is Cc1ccccc1C(=O)Nc1ccc(C(N)=S)cc1Br. The summed E-state index contributed by atoms with van der Waals surface area (Å²) in [5.41, 5.74) is 8.58. The van der Waals surface area contributed by atoms with Crippen LogP contribution in [-0.2, 0) is 0 Å². The number of hydrogen-bond acceptors (Lipinski definition) is 2. The zero-order valence-corrected chi connectivity index (χ0v) is 13.2. The molecule has 20 heavy (non-hydrogen) atoms. The van der Waals surface area contributed by atoms with E-state index in [1.54, 1.807) is 24.3 Å². The molecule has 0 radical (unpaired) electrons. The molecule has 0 spiro atoms. The van der Waals surface area contributed by atoms with Gasteiger partial charge in [0.15, 0.2) is 0 Å². The van der Waals surface area contributed by atoms with Gasteiger partial charge in [0, 0.05) is 15.6 Å². The Morgan fingerprint density at radius 1 is 1.25 bits per heavy atom. The van der Waals surface area contributed by atoms with Crippen molar-refractivity contribution in [1.82, 2.24) is 0 Å². The first kappa shape index (κ1) is 14.7. The zero-order valence-electron chi connectivity index (χ0n) is 10.8. The predicted molar refractivity (Wildman–Crippen MR) is 89.2 cm³/mol. The molecule has 3 N–H and O–H groups in total. The first-order valence-electron chi connectivity index (χ1n) is 5.95. The molecule has 3 nitrogen and oxygen atoms in total. The van der Waals surface area contributed by atoms with E-state index in [0.717, 1.165) is 15.6 Å². The molecule has 0 unspecified atom stereocenters. The summed E-state index contributed by atoms with van der Waals surface area (Å²) in [7, 11) is 0. The highest BCUT2D eigenvalue weighted by atomic mass is 79.9. The van der Waals surface area contributed by atoms with E-state index < -0.39 is 0 Å². The summed E-state index contributed by atoms with van der Waals surface area (Å²) in [5.74, 6) is -0.146. The monoisotopic (exact) mass is 348 g/mol. The van der Waals surface area contributed by atoms with Crippen LogP contribution < -0.4 is 11.1 Å². The van der Waals surface area contributed by atoms with Crippen LogP contribution in [0.2, 0.25) is 0 Å². The van der Waals surface area contributed by atoms with E-state index in [1.807, 2.05) is 25.1 Å². The minimum absolute atomic E-state index is 0.146. The molecule has 2 aromatic rings. The number of benzene rings is 2. The van der Waals surface area contributed by atoms with Crippen molar-refractivity contribution in [2.24, 2.45) is 5.73 Å². The predicted octanol–water partition coefficient (Wildman–Crippen LogP) is 3.64. The fourth-order valence-electron chi connectivity index (χ4n) is 1.79. The lowest BCUT2D eigenvalue weighted by atomic mass is 10.1. The van der Waals surface area contributed by atoms with Crippen molar-refractivity contribution in [3.05, 3.63) is 63.6 Å². The smallest absolute Gasteiger partial charge is 0.255 e. The molecule has 0 bridgehead atoms. The number of thiocarbonyl (C=S) groups is 1. The third-order valence-corrected chi connectivity index (χ3v) is 3.78. The van der Waals surface area contributed by atoms with E-state index in [0.29, 0.717) is 16.2 Å². The van der Waals surface area contributed by atoms with Gasteiger partial charge in [-0.25, -0.2) is 0 Å². The number of nitrogens with two attached hydrogens (primary N) is 1. The average molecular weight is 349 g/mol. The van der Waals surface area contributed by atoms with E-state index >= 15 is 0 Å². The van der Waals surface area contributed by atoms with Gasteiger partial charge in [-0.2, -0.15) is 0 Å². The van der Waals surface area contributed by atoms with Gasteiger partial charge >= 0.3 is 0 Å². The van der Waals surface area contributed by atoms with Crippen LogP contribution in [-0.4, -0.2) is 10.9 Å². The first-order chi connectivity index (χ1) is 9.49. The van der Waals surface area contributed by atoms with Gasteiger partial charge in [0.05, 0.1) is 5.69 Å². The summed E-state index contributed by atoms with van der Waals surface area (Å²) < 4.78 is 0.740. The molecule has 2 aromatic carbocycles. The fourth-order valence-corrected chi connectivity index (χ4v) is 2.39. The lowest BCUT2D eigenvalue weighted by Crippen LogP contribution is -2.14. The van der Waals surface area contributed by atoms with E-state index in [2.05, 4.69) is 21.2 Å². The standard InChI is InChI=1S/C15H13BrN2OS/c1-9-4-2-3-5-11(9)15(19)18-13-7-6-10(14(17)20)8-12(13)16/h2-8H,1H3,(H2,17,20)(H,18,19). The van der Waals surface area contributed by atoms with Crippen molar-refractivity contribution < 1.29 is 4.79 Å². The molecule has 0 fully saturated rings. The Bertz CT molecular complexity index is 685. The quantitative estimate of drug-likeness (QED) is 0.832. The van der Waals surface area contributed by atoms with E-state index in [4.69, 9.17) is 18.0 Å². The van der Waals surface area contributed by atoms with Crippen molar-refractivity contribution in [3.63, 3.8) is 0 Å². The number of halogens is 1. The Labute approximate surface area is 131 Å². The van der Waals surface area contributed by atoms with Crippen LogP contribution in [0.25, 0.3) is 0 Å². The molecule has 0 aliphatic heterocycles. The number of carbonyl (C=O) groups excluding carboxylic acids is 1. The molecule has 0 heterocycles. The van der Waals surface area contributed by atoms with Crippen LogP contribution in [0.3, 0.4) is 0 Å².